The molecule has 2 rings (SSSR count). The van der Waals surface area contributed by atoms with Crippen molar-refractivity contribution in [1.29, 1.82) is 0 Å². The summed E-state index contributed by atoms with van der Waals surface area (Å²) in [5.41, 5.74) is 0. The highest BCUT2D eigenvalue weighted by molar-refractivity contribution is 6.03. The number of methoxy groups -OCH3 is 2. The van der Waals surface area contributed by atoms with Gasteiger partial charge in [0.1, 0.15) is 5.75 Å². The maximum Gasteiger partial charge on any atom is 0.372 e. The average Bonchev–Trinajstić information content (AvgIpc) is 2.66. The number of carboxylic acids is 1. The van der Waals surface area contributed by atoms with Gasteiger partial charge >= 0.3 is 5.97 Å². The first-order chi connectivity index (χ1) is 7.67. The van der Waals surface area contributed by atoms with Crippen molar-refractivity contribution in [1.82, 2.24) is 0 Å². The molecular formula is C11H10O5. The van der Waals surface area contributed by atoms with Gasteiger partial charge in [0.25, 0.3) is 5.95 Å². The van der Waals surface area contributed by atoms with Crippen LogP contribution in [0.25, 0.3) is 10.8 Å². The third kappa shape index (κ3) is 1.46. The molecule has 5 nitrogen and oxygen atoms in total. The molecule has 0 spiro atoms. The minimum Gasteiger partial charge on any atom is -0.497 e. The van der Waals surface area contributed by atoms with Gasteiger partial charge in [-0.3, -0.25) is 0 Å². The maximum absolute atomic E-state index is 10.9. The van der Waals surface area contributed by atoms with Gasteiger partial charge in [-0.15, -0.1) is 0 Å². The molecule has 0 bridgehead atoms. The fourth-order valence-corrected chi connectivity index (χ4v) is 1.53. The summed E-state index contributed by atoms with van der Waals surface area (Å²) >= 11 is 0. The van der Waals surface area contributed by atoms with Crippen LogP contribution in [0.2, 0.25) is 0 Å². The van der Waals surface area contributed by atoms with E-state index in [-0.39, 0.29) is 11.7 Å². The number of furan rings is 1. The monoisotopic (exact) mass is 222 g/mol. The predicted octanol–water partition coefficient (Wildman–Crippen LogP) is 2.15. The second kappa shape index (κ2) is 3.77. The molecule has 1 aromatic carbocycles. The SMILES string of the molecule is COc1ccc2c(C(=O)O)oc(OC)c2c1. The van der Waals surface area contributed by atoms with Gasteiger partial charge in [0.2, 0.25) is 5.76 Å². The number of carboxylic acid groups (broad SMARTS) is 1. The maximum atomic E-state index is 10.9. The van der Waals surface area contributed by atoms with Crippen molar-refractivity contribution >= 4 is 16.7 Å². The molecule has 0 unspecified atom stereocenters. The van der Waals surface area contributed by atoms with E-state index in [0.29, 0.717) is 16.5 Å². The van der Waals surface area contributed by atoms with E-state index < -0.39 is 5.97 Å². The van der Waals surface area contributed by atoms with E-state index >= 15 is 0 Å². The van der Waals surface area contributed by atoms with Crippen molar-refractivity contribution in [3.05, 3.63) is 24.0 Å². The fraction of sp³-hybridized carbons (Fsp3) is 0.182. The first kappa shape index (κ1) is 10.4. The van der Waals surface area contributed by atoms with Crippen LogP contribution in [-0.2, 0) is 0 Å². The Bertz CT molecular complexity index is 541. The Morgan fingerprint density at radius 1 is 1.25 bits per heavy atom. The molecule has 1 N–H and O–H groups in total. The molecule has 0 saturated carbocycles. The summed E-state index contributed by atoms with van der Waals surface area (Å²) < 4.78 is 15.1. The van der Waals surface area contributed by atoms with Crippen molar-refractivity contribution in [3.63, 3.8) is 0 Å². The van der Waals surface area contributed by atoms with Gasteiger partial charge in [-0.25, -0.2) is 4.79 Å². The summed E-state index contributed by atoms with van der Waals surface area (Å²) in [6, 6.07) is 4.97. The number of carbonyl (C=O) groups is 1. The van der Waals surface area contributed by atoms with Gasteiger partial charge in [-0.05, 0) is 18.2 Å². The lowest BCUT2D eigenvalue weighted by Gasteiger charge is -1.99. The van der Waals surface area contributed by atoms with E-state index in [1.165, 1.54) is 14.2 Å². The van der Waals surface area contributed by atoms with Gasteiger partial charge in [0.05, 0.1) is 19.6 Å². The smallest absolute Gasteiger partial charge is 0.372 e. The Labute approximate surface area is 91.2 Å². The zero-order valence-corrected chi connectivity index (χ0v) is 8.81. The van der Waals surface area contributed by atoms with Crippen LogP contribution in [0.3, 0.4) is 0 Å². The molecule has 16 heavy (non-hydrogen) atoms. The van der Waals surface area contributed by atoms with Crippen molar-refractivity contribution in [2.24, 2.45) is 0 Å². The highest BCUT2D eigenvalue weighted by Gasteiger charge is 2.19. The van der Waals surface area contributed by atoms with Gasteiger partial charge in [0, 0.05) is 5.39 Å². The fourth-order valence-electron chi connectivity index (χ4n) is 1.53. The molecule has 0 aliphatic rings. The molecule has 84 valence electrons. The van der Waals surface area contributed by atoms with Crippen molar-refractivity contribution in [3.8, 4) is 11.7 Å². The molecule has 1 aromatic heterocycles. The zero-order valence-electron chi connectivity index (χ0n) is 8.81. The molecule has 0 atom stereocenters. The molecule has 2 aromatic rings. The van der Waals surface area contributed by atoms with Crippen molar-refractivity contribution in [2.45, 2.75) is 0 Å². The average molecular weight is 222 g/mol. The third-order valence-corrected chi connectivity index (χ3v) is 2.27. The van der Waals surface area contributed by atoms with Crippen LogP contribution in [0.5, 0.6) is 11.7 Å². The van der Waals surface area contributed by atoms with Crippen LogP contribution < -0.4 is 9.47 Å². The first-order valence-electron chi connectivity index (χ1n) is 4.55. The zero-order chi connectivity index (χ0) is 11.7. The second-order valence-electron chi connectivity index (χ2n) is 3.14. The minimum absolute atomic E-state index is 0.130. The Kier molecular flexibility index (Phi) is 2.44. The number of aromatic carboxylic acids is 1. The molecule has 0 aliphatic heterocycles. The molecule has 0 aliphatic carbocycles. The summed E-state index contributed by atoms with van der Waals surface area (Å²) in [5.74, 6) is -0.470. The van der Waals surface area contributed by atoms with Crippen molar-refractivity contribution in [2.75, 3.05) is 14.2 Å². The molecule has 1 heterocycles. The number of fused-ring (bicyclic) bond motifs is 1. The number of rotatable bonds is 3. The highest BCUT2D eigenvalue weighted by atomic mass is 16.6. The Balaban J connectivity index is 2.74. The predicted molar refractivity (Wildman–Crippen MR) is 56.3 cm³/mol. The standard InChI is InChI=1S/C11H10O5/c1-14-6-3-4-7-8(5-6)11(15-2)16-9(7)10(12)13/h3-5H,1-2H3,(H,12,13). The number of hydrogen-bond donors (Lipinski definition) is 1. The highest BCUT2D eigenvalue weighted by Crippen LogP contribution is 2.34. The molecule has 0 fully saturated rings. The third-order valence-electron chi connectivity index (χ3n) is 2.27. The summed E-state index contributed by atoms with van der Waals surface area (Å²) in [6.07, 6.45) is 0. The summed E-state index contributed by atoms with van der Waals surface area (Å²) in [5, 5.41) is 10.0. The Morgan fingerprint density at radius 3 is 2.56 bits per heavy atom. The van der Waals surface area contributed by atoms with Gasteiger partial charge < -0.3 is 19.0 Å². The van der Waals surface area contributed by atoms with Crippen LogP contribution in [0.1, 0.15) is 10.6 Å². The van der Waals surface area contributed by atoms with Gasteiger partial charge in [-0.1, -0.05) is 0 Å². The van der Waals surface area contributed by atoms with E-state index in [1.54, 1.807) is 18.2 Å². The lowest BCUT2D eigenvalue weighted by molar-refractivity contribution is 0.0659. The summed E-state index contributed by atoms with van der Waals surface area (Å²) in [7, 11) is 2.95. The van der Waals surface area contributed by atoms with E-state index in [0.717, 1.165) is 0 Å². The van der Waals surface area contributed by atoms with Crippen LogP contribution >= 0.6 is 0 Å². The van der Waals surface area contributed by atoms with E-state index in [9.17, 15) is 4.79 Å². The number of ether oxygens (including phenoxy) is 2. The number of hydrogen-bond acceptors (Lipinski definition) is 4. The molecule has 0 amide bonds. The lowest BCUT2D eigenvalue weighted by atomic mass is 10.1. The van der Waals surface area contributed by atoms with E-state index in [2.05, 4.69) is 0 Å². The van der Waals surface area contributed by atoms with Crippen molar-refractivity contribution < 1.29 is 23.8 Å². The largest absolute Gasteiger partial charge is 0.497 e. The normalized spacial score (nSPS) is 10.4. The van der Waals surface area contributed by atoms with E-state index in [4.69, 9.17) is 19.0 Å². The molecule has 0 radical (unpaired) electrons. The van der Waals surface area contributed by atoms with Crippen LogP contribution in [0, 0.1) is 0 Å². The van der Waals surface area contributed by atoms with Crippen LogP contribution in [0.15, 0.2) is 22.6 Å². The Morgan fingerprint density at radius 2 is 2.00 bits per heavy atom. The van der Waals surface area contributed by atoms with Crippen LogP contribution in [0.4, 0.5) is 0 Å². The van der Waals surface area contributed by atoms with Gasteiger partial charge in [0.15, 0.2) is 0 Å². The minimum atomic E-state index is -1.13. The van der Waals surface area contributed by atoms with E-state index in [1.807, 2.05) is 0 Å². The first-order valence-corrected chi connectivity index (χ1v) is 4.55. The molecule has 5 heteroatoms. The number of benzene rings is 1. The Hall–Kier alpha value is -2.17. The molecule has 0 saturated heterocycles. The second-order valence-corrected chi connectivity index (χ2v) is 3.14. The summed E-state index contributed by atoms with van der Waals surface area (Å²) in [6.45, 7) is 0. The topological polar surface area (TPSA) is 68.9 Å². The van der Waals surface area contributed by atoms with Gasteiger partial charge in [-0.2, -0.15) is 0 Å². The lowest BCUT2D eigenvalue weighted by Crippen LogP contribution is -1.93. The summed E-state index contributed by atoms with van der Waals surface area (Å²) in [4.78, 5) is 10.9. The molecular weight excluding hydrogens is 212 g/mol. The van der Waals surface area contributed by atoms with Crippen LogP contribution in [-0.4, -0.2) is 25.3 Å². The quantitative estimate of drug-likeness (QED) is 0.861.